The van der Waals surface area contributed by atoms with Crippen molar-refractivity contribution in [1.29, 1.82) is 0 Å². The number of ether oxygens (including phenoxy) is 1. The fourth-order valence-corrected chi connectivity index (χ4v) is 6.47. The summed E-state index contributed by atoms with van der Waals surface area (Å²) in [6.07, 6.45) is 4.58. The van der Waals surface area contributed by atoms with Crippen LogP contribution in [0.15, 0.2) is 47.0 Å². The van der Waals surface area contributed by atoms with E-state index in [1.54, 1.807) is 24.3 Å². The highest BCUT2D eigenvalue weighted by Gasteiger charge is 2.47. The number of amides is 2. The van der Waals surface area contributed by atoms with Crippen molar-refractivity contribution in [2.24, 2.45) is 5.92 Å². The lowest BCUT2D eigenvalue weighted by atomic mass is 9.97. The molecule has 2 amide bonds. The molecule has 2 saturated heterocycles. The van der Waals surface area contributed by atoms with E-state index in [4.69, 9.17) is 32.5 Å². The molecule has 37 heavy (non-hydrogen) atoms. The fourth-order valence-electron chi connectivity index (χ4n) is 5.89. The van der Waals surface area contributed by atoms with Crippen LogP contribution in [0.1, 0.15) is 56.3 Å². The van der Waals surface area contributed by atoms with Gasteiger partial charge in [-0.3, -0.25) is 0 Å². The van der Waals surface area contributed by atoms with Crippen molar-refractivity contribution in [2.45, 2.75) is 69.7 Å². The van der Waals surface area contributed by atoms with E-state index in [2.05, 4.69) is 17.4 Å². The van der Waals surface area contributed by atoms with Crippen molar-refractivity contribution in [1.82, 2.24) is 10.1 Å². The summed E-state index contributed by atoms with van der Waals surface area (Å²) in [7, 11) is 0. The van der Waals surface area contributed by atoms with E-state index in [-0.39, 0.29) is 30.0 Å². The van der Waals surface area contributed by atoms with Crippen LogP contribution >= 0.6 is 23.2 Å². The lowest BCUT2D eigenvalue weighted by Gasteiger charge is -2.39. The second-order valence-corrected chi connectivity index (χ2v) is 11.2. The molecule has 0 spiro atoms. The fraction of sp³-hybridized carbons (Fsp3) is 0.429. The van der Waals surface area contributed by atoms with Gasteiger partial charge in [0.1, 0.15) is 17.3 Å². The van der Waals surface area contributed by atoms with E-state index in [1.165, 1.54) is 12.1 Å². The molecule has 3 aliphatic rings. The number of hydrogen-bond donors (Lipinski definition) is 1. The molecule has 1 saturated carbocycles. The Morgan fingerprint density at radius 2 is 1.86 bits per heavy atom. The maximum Gasteiger partial charge on any atom is 0.322 e. The Labute approximate surface area is 225 Å². The first-order valence-electron chi connectivity index (χ1n) is 12.8. The minimum Gasteiger partial charge on any atom is -0.373 e. The summed E-state index contributed by atoms with van der Waals surface area (Å²) in [5, 5.41) is 8.34. The van der Waals surface area contributed by atoms with Gasteiger partial charge in [-0.15, -0.1) is 0 Å². The zero-order valence-corrected chi connectivity index (χ0v) is 21.9. The van der Waals surface area contributed by atoms with E-state index in [0.29, 0.717) is 45.4 Å². The van der Waals surface area contributed by atoms with Gasteiger partial charge >= 0.3 is 6.03 Å². The van der Waals surface area contributed by atoms with Gasteiger partial charge in [0.05, 0.1) is 22.8 Å². The minimum atomic E-state index is -0.331. The van der Waals surface area contributed by atoms with Gasteiger partial charge in [0.15, 0.2) is 0 Å². The molecule has 2 aromatic carbocycles. The minimum absolute atomic E-state index is 0.00587. The maximum atomic E-state index is 13.3. The van der Waals surface area contributed by atoms with Crippen LogP contribution in [0.3, 0.4) is 0 Å². The zero-order chi connectivity index (χ0) is 25.7. The van der Waals surface area contributed by atoms with E-state index >= 15 is 0 Å². The third kappa shape index (κ3) is 4.85. The SMILES string of the molecule is C[C@@H]1CC2C[C@H](OCc3c(-c4c(Cl)cccc4Cl)noc3C3CC3)CC1N2C(=O)Nc1ccc(F)cc1. The molecule has 2 bridgehead atoms. The third-order valence-electron chi connectivity index (χ3n) is 7.85. The van der Waals surface area contributed by atoms with Crippen LogP contribution in [0.25, 0.3) is 11.3 Å². The monoisotopic (exact) mass is 543 g/mol. The first kappa shape index (κ1) is 24.7. The summed E-state index contributed by atoms with van der Waals surface area (Å²) in [6, 6.07) is 11.3. The Kier molecular flexibility index (Phi) is 6.63. The lowest BCUT2D eigenvalue weighted by molar-refractivity contribution is -0.0181. The number of nitrogens with zero attached hydrogens (tertiary/aromatic N) is 2. The van der Waals surface area contributed by atoms with Crippen LogP contribution in [0, 0.1) is 11.7 Å². The Morgan fingerprint density at radius 1 is 1.14 bits per heavy atom. The normalized spacial score (nSPS) is 24.9. The van der Waals surface area contributed by atoms with Crippen molar-refractivity contribution in [3.05, 3.63) is 69.7 Å². The first-order valence-corrected chi connectivity index (χ1v) is 13.5. The number of anilines is 1. The first-order chi connectivity index (χ1) is 17.9. The molecule has 3 aromatic rings. The molecule has 1 aliphatic carbocycles. The van der Waals surface area contributed by atoms with E-state index in [1.807, 2.05) is 11.0 Å². The summed E-state index contributed by atoms with van der Waals surface area (Å²) in [5.74, 6) is 1.25. The molecule has 3 fully saturated rings. The molecule has 6 nitrogen and oxygen atoms in total. The summed E-state index contributed by atoms with van der Waals surface area (Å²) in [4.78, 5) is 15.1. The van der Waals surface area contributed by atoms with Crippen LogP contribution < -0.4 is 5.32 Å². The van der Waals surface area contributed by atoms with Gasteiger partial charge in [-0.25, -0.2) is 9.18 Å². The molecule has 194 valence electrons. The number of carbonyl (C=O) groups is 1. The smallest absolute Gasteiger partial charge is 0.322 e. The number of nitrogens with one attached hydrogen (secondary N) is 1. The number of aromatic nitrogens is 1. The van der Waals surface area contributed by atoms with Gasteiger partial charge in [-0.1, -0.05) is 41.3 Å². The Morgan fingerprint density at radius 3 is 2.54 bits per heavy atom. The predicted octanol–water partition coefficient (Wildman–Crippen LogP) is 7.66. The van der Waals surface area contributed by atoms with Gasteiger partial charge in [-0.2, -0.15) is 0 Å². The van der Waals surface area contributed by atoms with Gasteiger partial charge in [0.2, 0.25) is 0 Å². The van der Waals surface area contributed by atoms with Crippen LogP contribution in [0.2, 0.25) is 10.0 Å². The number of fused-ring (bicyclic) bond motifs is 2. The van der Waals surface area contributed by atoms with Crippen LogP contribution in [-0.2, 0) is 11.3 Å². The lowest BCUT2D eigenvalue weighted by Crippen LogP contribution is -2.51. The van der Waals surface area contributed by atoms with Crippen molar-refractivity contribution < 1.29 is 18.4 Å². The maximum absolute atomic E-state index is 13.3. The van der Waals surface area contributed by atoms with Crippen molar-refractivity contribution in [3.63, 3.8) is 0 Å². The largest absolute Gasteiger partial charge is 0.373 e. The van der Waals surface area contributed by atoms with E-state index in [9.17, 15) is 9.18 Å². The van der Waals surface area contributed by atoms with Crippen molar-refractivity contribution in [3.8, 4) is 11.3 Å². The third-order valence-corrected chi connectivity index (χ3v) is 8.48. The van der Waals surface area contributed by atoms with Crippen LogP contribution in [0.4, 0.5) is 14.9 Å². The number of piperidine rings is 1. The molecular weight excluding hydrogens is 516 g/mol. The summed E-state index contributed by atoms with van der Waals surface area (Å²) in [5.41, 5.74) is 2.81. The molecule has 2 aliphatic heterocycles. The highest BCUT2D eigenvalue weighted by atomic mass is 35.5. The number of halogens is 3. The second-order valence-electron chi connectivity index (χ2n) is 10.4. The number of carbonyl (C=O) groups excluding carboxylic acids is 1. The summed E-state index contributed by atoms with van der Waals surface area (Å²) in [6.45, 7) is 2.54. The van der Waals surface area contributed by atoms with Crippen LogP contribution in [0.5, 0.6) is 0 Å². The van der Waals surface area contributed by atoms with Gasteiger partial charge in [0, 0.05) is 34.8 Å². The van der Waals surface area contributed by atoms with Gasteiger partial charge in [0.25, 0.3) is 0 Å². The molecule has 4 atom stereocenters. The van der Waals surface area contributed by atoms with Gasteiger partial charge in [-0.05, 0) is 74.4 Å². The molecule has 0 radical (unpaired) electrons. The molecule has 1 aromatic heterocycles. The van der Waals surface area contributed by atoms with Crippen molar-refractivity contribution >= 4 is 34.9 Å². The molecule has 3 heterocycles. The average Bonchev–Trinajstić information content (AvgIpc) is 3.59. The van der Waals surface area contributed by atoms with Gasteiger partial charge < -0.3 is 19.5 Å². The van der Waals surface area contributed by atoms with Crippen molar-refractivity contribution in [2.75, 3.05) is 5.32 Å². The average molecular weight is 544 g/mol. The summed E-state index contributed by atoms with van der Waals surface area (Å²) >= 11 is 13.0. The molecule has 9 heteroatoms. The number of rotatable bonds is 6. The Balaban J connectivity index is 1.17. The molecular formula is C28H28Cl2FN3O3. The van der Waals surface area contributed by atoms with E-state index in [0.717, 1.165) is 43.4 Å². The van der Waals surface area contributed by atoms with Crippen LogP contribution in [-0.4, -0.2) is 34.3 Å². The molecule has 2 unspecified atom stereocenters. The quantitative estimate of drug-likeness (QED) is 0.346. The summed E-state index contributed by atoms with van der Waals surface area (Å²) < 4.78 is 25.5. The Bertz CT molecular complexity index is 1290. The zero-order valence-electron chi connectivity index (χ0n) is 20.4. The standard InChI is InChI=1S/C28H28Cl2FN3O3/c1-15-11-19-12-20(13-24(15)34(19)28(35)32-18-9-7-17(31)8-10-18)36-14-21-26(33-37-27(21)16-5-6-16)25-22(29)3-2-4-23(25)30/h2-4,7-10,15-16,19-20,24H,5-6,11-14H2,1H3,(H,32,35)/t15-,19?,20+,24?/m1/s1. The topological polar surface area (TPSA) is 67.6 Å². The highest BCUT2D eigenvalue weighted by Crippen LogP contribution is 2.47. The molecule has 1 N–H and O–H groups in total. The van der Waals surface area contributed by atoms with E-state index < -0.39 is 0 Å². The molecule has 6 rings (SSSR count). The second kappa shape index (κ2) is 9.93. The number of hydrogen-bond acceptors (Lipinski definition) is 4. The Hall–Kier alpha value is -2.61. The number of benzene rings is 2. The number of urea groups is 1. The highest BCUT2D eigenvalue weighted by molar-refractivity contribution is 6.39. The predicted molar refractivity (Wildman–Crippen MR) is 140 cm³/mol.